The van der Waals surface area contributed by atoms with E-state index in [9.17, 15) is 20.1 Å². The SMILES string of the molecule is CC(C(=O)O)C(O)CC[C@@H](C)[C@H]1CCC2C3C(CC[C@@]21C)[C@@]1(C)CC[C@H](NCCCNCCCCNCCCN)C[C@@H]1C[C@H]3O. The molecular weight excluding hydrogens is 564 g/mol. The number of hydrogen-bond donors (Lipinski definition) is 7. The predicted molar refractivity (Wildman–Crippen MR) is 183 cm³/mol. The zero-order valence-electron chi connectivity index (χ0n) is 29.2. The lowest BCUT2D eigenvalue weighted by Gasteiger charge is -2.62. The van der Waals surface area contributed by atoms with Crippen LogP contribution in [0.25, 0.3) is 0 Å². The summed E-state index contributed by atoms with van der Waals surface area (Å²) in [7, 11) is 0. The Morgan fingerprint density at radius 2 is 1.49 bits per heavy atom. The van der Waals surface area contributed by atoms with E-state index in [4.69, 9.17) is 5.73 Å². The summed E-state index contributed by atoms with van der Waals surface area (Å²) in [5, 5.41) is 42.5. The van der Waals surface area contributed by atoms with Gasteiger partial charge < -0.3 is 37.0 Å². The molecule has 4 fully saturated rings. The molecule has 262 valence electrons. The molecule has 0 radical (unpaired) electrons. The highest BCUT2D eigenvalue weighted by molar-refractivity contribution is 5.70. The third kappa shape index (κ3) is 8.83. The van der Waals surface area contributed by atoms with E-state index in [-0.39, 0.29) is 11.5 Å². The largest absolute Gasteiger partial charge is 0.481 e. The van der Waals surface area contributed by atoms with Crippen LogP contribution in [0.3, 0.4) is 0 Å². The van der Waals surface area contributed by atoms with Gasteiger partial charge in [0.25, 0.3) is 0 Å². The lowest BCUT2D eigenvalue weighted by atomic mass is 9.43. The van der Waals surface area contributed by atoms with E-state index in [2.05, 4.69) is 36.7 Å². The number of aliphatic carboxylic acids is 1. The number of carboxylic acids is 1. The summed E-state index contributed by atoms with van der Waals surface area (Å²) >= 11 is 0. The molecule has 5 unspecified atom stereocenters. The van der Waals surface area contributed by atoms with Crippen molar-refractivity contribution in [3.8, 4) is 0 Å². The van der Waals surface area contributed by atoms with Gasteiger partial charge in [-0.25, -0.2) is 0 Å². The zero-order chi connectivity index (χ0) is 32.6. The van der Waals surface area contributed by atoms with Crippen LogP contribution >= 0.6 is 0 Å². The van der Waals surface area contributed by atoms with Gasteiger partial charge in [0.05, 0.1) is 18.1 Å². The van der Waals surface area contributed by atoms with Crippen molar-refractivity contribution in [2.75, 3.05) is 39.3 Å². The highest BCUT2D eigenvalue weighted by atomic mass is 16.4. The van der Waals surface area contributed by atoms with Crippen molar-refractivity contribution in [1.29, 1.82) is 0 Å². The van der Waals surface area contributed by atoms with Crippen LogP contribution in [0.1, 0.15) is 118 Å². The van der Waals surface area contributed by atoms with Crippen molar-refractivity contribution in [3.63, 3.8) is 0 Å². The van der Waals surface area contributed by atoms with E-state index in [1.807, 2.05) is 0 Å². The second-order valence-corrected chi connectivity index (χ2v) is 16.4. The minimum absolute atomic E-state index is 0.191. The second kappa shape index (κ2) is 17.1. The molecule has 12 atom stereocenters. The first-order chi connectivity index (χ1) is 21.5. The smallest absolute Gasteiger partial charge is 0.308 e. The maximum Gasteiger partial charge on any atom is 0.308 e. The van der Waals surface area contributed by atoms with Gasteiger partial charge in [-0.05, 0) is 182 Å². The van der Waals surface area contributed by atoms with Crippen LogP contribution < -0.4 is 21.7 Å². The van der Waals surface area contributed by atoms with Gasteiger partial charge in [-0.2, -0.15) is 0 Å². The number of hydrogen-bond acceptors (Lipinski definition) is 7. The van der Waals surface area contributed by atoms with E-state index >= 15 is 0 Å². The molecule has 8 nitrogen and oxygen atoms in total. The highest BCUT2D eigenvalue weighted by Crippen LogP contribution is 2.68. The fourth-order valence-electron chi connectivity index (χ4n) is 10.9. The number of aliphatic hydroxyl groups is 2. The number of unbranched alkanes of at least 4 members (excludes halogenated alkanes) is 1. The summed E-state index contributed by atoms with van der Waals surface area (Å²) in [4.78, 5) is 11.3. The van der Waals surface area contributed by atoms with Crippen molar-refractivity contribution >= 4 is 5.97 Å². The Kier molecular flexibility index (Phi) is 14.0. The van der Waals surface area contributed by atoms with E-state index < -0.39 is 18.0 Å². The van der Waals surface area contributed by atoms with Crippen molar-refractivity contribution in [3.05, 3.63) is 0 Å². The van der Waals surface area contributed by atoms with Crippen LogP contribution in [-0.2, 0) is 4.79 Å². The molecule has 4 rings (SSSR count). The Labute approximate surface area is 274 Å². The van der Waals surface area contributed by atoms with Crippen LogP contribution in [0.5, 0.6) is 0 Å². The van der Waals surface area contributed by atoms with E-state index in [0.717, 1.165) is 65.0 Å². The van der Waals surface area contributed by atoms with Gasteiger partial charge in [-0.3, -0.25) is 4.79 Å². The fourth-order valence-corrected chi connectivity index (χ4v) is 10.9. The molecule has 4 aliphatic carbocycles. The molecule has 0 aromatic rings. The van der Waals surface area contributed by atoms with Crippen molar-refractivity contribution in [1.82, 2.24) is 16.0 Å². The number of carboxylic acid groups (broad SMARTS) is 1. The average molecular weight is 635 g/mol. The summed E-state index contributed by atoms with van der Waals surface area (Å²) in [6.07, 6.45) is 14.7. The minimum Gasteiger partial charge on any atom is -0.481 e. The summed E-state index contributed by atoms with van der Waals surface area (Å²) in [5.74, 6) is 1.64. The molecular formula is C37H70N4O4. The molecule has 0 heterocycles. The van der Waals surface area contributed by atoms with Gasteiger partial charge in [0, 0.05) is 6.04 Å². The monoisotopic (exact) mass is 635 g/mol. The molecule has 45 heavy (non-hydrogen) atoms. The van der Waals surface area contributed by atoms with Crippen molar-refractivity contribution in [2.24, 2.45) is 58.0 Å². The van der Waals surface area contributed by atoms with E-state index in [1.165, 1.54) is 57.8 Å². The van der Waals surface area contributed by atoms with Gasteiger partial charge >= 0.3 is 5.97 Å². The van der Waals surface area contributed by atoms with Gasteiger partial charge in [0.1, 0.15) is 0 Å². The molecule has 0 aromatic heterocycles. The highest BCUT2D eigenvalue weighted by Gasteiger charge is 2.62. The minimum atomic E-state index is -0.915. The first-order valence-corrected chi connectivity index (χ1v) is 19.0. The molecule has 4 saturated carbocycles. The molecule has 0 amide bonds. The van der Waals surface area contributed by atoms with Crippen LogP contribution in [0, 0.1) is 52.3 Å². The molecule has 8 heteroatoms. The number of rotatable bonds is 19. The first kappa shape index (κ1) is 37.1. The van der Waals surface area contributed by atoms with Gasteiger partial charge in [0.2, 0.25) is 0 Å². The Morgan fingerprint density at radius 1 is 0.844 bits per heavy atom. The third-order valence-corrected chi connectivity index (χ3v) is 13.8. The normalized spacial score (nSPS) is 38.2. The maximum atomic E-state index is 11.8. The summed E-state index contributed by atoms with van der Waals surface area (Å²) in [6, 6.07) is 0.580. The maximum absolute atomic E-state index is 11.8. The molecule has 0 aromatic carbocycles. The molecule has 0 spiro atoms. The fraction of sp³-hybridized carbons (Fsp3) is 0.973. The van der Waals surface area contributed by atoms with Gasteiger partial charge in [0.15, 0.2) is 0 Å². The summed E-state index contributed by atoms with van der Waals surface area (Å²) < 4.78 is 0. The lowest BCUT2D eigenvalue weighted by molar-refractivity contribution is -0.167. The van der Waals surface area contributed by atoms with Crippen LogP contribution in [0.4, 0.5) is 0 Å². The van der Waals surface area contributed by atoms with Crippen LogP contribution in [0.2, 0.25) is 0 Å². The quantitative estimate of drug-likeness (QED) is 0.101. The second-order valence-electron chi connectivity index (χ2n) is 16.4. The van der Waals surface area contributed by atoms with E-state index in [0.29, 0.717) is 53.4 Å². The van der Waals surface area contributed by atoms with Crippen LogP contribution in [-0.4, -0.2) is 78.8 Å². The number of nitrogens with one attached hydrogen (secondary N) is 3. The predicted octanol–water partition coefficient (Wildman–Crippen LogP) is 4.77. The van der Waals surface area contributed by atoms with Crippen molar-refractivity contribution in [2.45, 2.75) is 136 Å². The number of fused-ring (bicyclic) bond motifs is 5. The molecule has 0 saturated heterocycles. The average Bonchev–Trinajstić information content (AvgIpc) is 3.37. The topological polar surface area (TPSA) is 140 Å². The zero-order valence-corrected chi connectivity index (χ0v) is 29.2. The Morgan fingerprint density at radius 3 is 2.18 bits per heavy atom. The number of aliphatic hydroxyl groups excluding tert-OH is 2. The number of carbonyl (C=O) groups is 1. The Balaban J connectivity index is 1.21. The third-order valence-electron chi connectivity index (χ3n) is 13.8. The molecule has 0 aliphatic heterocycles. The standard InChI is InChI=1S/C37H70N4O4/c1-25(9-12-32(42)26(2)35(44)45)29-10-11-30-34-31(14-16-37(29,30)4)36(3)15-13-28(23-27(36)24-33(34)43)41-22-8-21-40-19-6-5-18-39-20-7-17-38/h25-34,39-43H,5-24,38H2,1-4H3,(H,44,45)/t25-,26?,27-,28+,29-,30?,31?,32?,33-,34?,36+,37-/m1/s1. The van der Waals surface area contributed by atoms with E-state index in [1.54, 1.807) is 6.92 Å². The Bertz CT molecular complexity index is 908. The Hall–Kier alpha value is -0.770. The summed E-state index contributed by atoms with van der Waals surface area (Å²) in [5.41, 5.74) is 6.11. The van der Waals surface area contributed by atoms with Gasteiger partial charge in [-0.15, -0.1) is 0 Å². The molecule has 0 bridgehead atoms. The summed E-state index contributed by atoms with van der Waals surface area (Å²) in [6.45, 7) is 15.2. The number of nitrogens with two attached hydrogens (primary N) is 1. The molecule has 8 N–H and O–H groups in total. The van der Waals surface area contributed by atoms with Gasteiger partial charge in [-0.1, -0.05) is 20.8 Å². The lowest BCUT2D eigenvalue weighted by Crippen LogP contribution is -2.59. The molecule has 4 aliphatic rings. The first-order valence-electron chi connectivity index (χ1n) is 19.0. The van der Waals surface area contributed by atoms with Crippen LogP contribution in [0.15, 0.2) is 0 Å². The van der Waals surface area contributed by atoms with Crippen molar-refractivity contribution < 1.29 is 20.1 Å².